The molecule has 0 saturated carbocycles. The van der Waals surface area contributed by atoms with Crippen LogP contribution >= 0.6 is 0 Å². The maximum atomic E-state index is 12.1. The Morgan fingerprint density at radius 2 is 1.94 bits per heavy atom. The van der Waals surface area contributed by atoms with Gasteiger partial charge in [-0.2, -0.15) is 0 Å². The number of aromatic nitrogens is 1. The zero-order valence-corrected chi connectivity index (χ0v) is 9.71. The van der Waals surface area contributed by atoms with Crippen molar-refractivity contribution in [3.05, 3.63) is 35.9 Å². The molecular weight excluding hydrogens is 247 g/mol. The molecule has 1 aromatic carbocycles. The Morgan fingerprint density at radius 3 is 2.44 bits per heavy atom. The molecule has 3 nitrogen and oxygen atoms in total. The maximum absolute atomic E-state index is 12.1. The van der Waals surface area contributed by atoms with Crippen LogP contribution in [0.4, 0.5) is 13.2 Å². The summed E-state index contributed by atoms with van der Waals surface area (Å²) in [5.41, 5.74) is 1.03. The number of ether oxygens (including phenoxy) is 1. The molecule has 0 aliphatic carbocycles. The van der Waals surface area contributed by atoms with E-state index in [1.54, 1.807) is 13.0 Å². The topological polar surface area (TPSA) is 35.3 Å². The average molecular weight is 257 g/mol. The SMILES string of the molecule is Cc1ncc(-c2ccc(OC(F)(F)F)c(C)c2)o1. The quantitative estimate of drug-likeness (QED) is 0.819. The first-order valence-electron chi connectivity index (χ1n) is 5.14. The van der Waals surface area contributed by atoms with E-state index in [0.717, 1.165) is 0 Å². The van der Waals surface area contributed by atoms with Crippen molar-refractivity contribution >= 4 is 0 Å². The van der Waals surface area contributed by atoms with Crippen LogP contribution in [0, 0.1) is 13.8 Å². The third-order valence-corrected chi connectivity index (χ3v) is 2.31. The second kappa shape index (κ2) is 4.36. The van der Waals surface area contributed by atoms with E-state index in [0.29, 0.717) is 22.8 Å². The summed E-state index contributed by atoms with van der Waals surface area (Å²) in [5.74, 6) is 0.787. The minimum atomic E-state index is -4.69. The summed E-state index contributed by atoms with van der Waals surface area (Å²) in [6.45, 7) is 3.23. The van der Waals surface area contributed by atoms with Crippen molar-refractivity contribution in [1.82, 2.24) is 4.98 Å². The lowest BCUT2D eigenvalue weighted by atomic mass is 10.1. The van der Waals surface area contributed by atoms with Crippen LogP contribution in [-0.4, -0.2) is 11.3 Å². The highest BCUT2D eigenvalue weighted by Gasteiger charge is 2.31. The Balaban J connectivity index is 2.30. The highest BCUT2D eigenvalue weighted by molar-refractivity contribution is 5.59. The van der Waals surface area contributed by atoms with Gasteiger partial charge in [0.25, 0.3) is 0 Å². The van der Waals surface area contributed by atoms with E-state index in [1.807, 2.05) is 0 Å². The van der Waals surface area contributed by atoms with Gasteiger partial charge in [0, 0.05) is 12.5 Å². The van der Waals surface area contributed by atoms with Crippen molar-refractivity contribution in [3.63, 3.8) is 0 Å². The summed E-state index contributed by atoms with van der Waals surface area (Å²) < 4.78 is 45.5. The van der Waals surface area contributed by atoms with Gasteiger partial charge in [0.05, 0.1) is 6.20 Å². The molecule has 18 heavy (non-hydrogen) atoms. The predicted octanol–water partition coefficient (Wildman–Crippen LogP) is 3.86. The van der Waals surface area contributed by atoms with Crippen LogP contribution in [-0.2, 0) is 0 Å². The molecule has 96 valence electrons. The van der Waals surface area contributed by atoms with Gasteiger partial charge in [-0.05, 0) is 30.7 Å². The molecule has 0 unspecified atom stereocenters. The summed E-state index contributed by atoms with van der Waals surface area (Å²) >= 11 is 0. The minimum absolute atomic E-state index is 0.220. The number of benzene rings is 1. The van der Waals surface area contributed by atoms with Gasteiger partial charge in [0.15, 0.2) is 11.7 Å². The fraction of sp³-hybridized carbons (Fsp3) is 0.250. The monoisotopic (exact) mass is 257 g/mol. The molecule has 0 N–H and O–H groups in total. The highest BCUT2D eigenvalue weighted by atomic mass is 19.4. The largest absolute Gasteiger partial charge is 0.573 e. The van der Waals surface area contributed by atoms with Crippen LogP contribution in [0.5, 0.6) is 5.75 Å². The number of oxazole rings is 1. The number of aryl methyl sites for hydroxylation is 2. The molecule has 1 aromatic heterocycles. The molecule has 2 aromatic rings. The van der Waals surface area contributed by atoms with E-state index in [2.05, 4.69) is 9.72 Å². The smallest absolute Gasteiger partial charge is 0.441 e. The highest BCUT2D eigenvalue weighted by Crippen LogP contribution is 2.30. The summed E-state index contributed by atoms with van der Waals surface area (Å²) in [6.07, 6.45) is -3.16. The molecule has 0 radical (unpaired) electrons. The summed E-state index contributed by atoms with van der Waals surface area (Å²) in [7, 11) is 0. The molecule has 0 amide bonds. The summed E-state index contributed by atoms with van der Waals surface area (Å²) in [6, 6.07) is 4.31. The lowest BCUT2D eigenvalue weighted by Crippen LogP contribution is -2.17. The first kappa shape index (κ1) is 12.5. The standard InChI is InChI=1S/C12H10F3NO2/c1-7-5-9(11-6-16-8(2)17-11)3-4-10(7)18-12(13,14)15/h3-6H,1-2H3. The number of halogens is 3. The minimum Gasteiger partial charge on any atom is -0.441 e. The van der Waals surface area contributed by atoms with E-state index in [4.69, 9.17) is 4.42 Å². The van der Waals surface area contributed by atoms with Crippen LogP contribution in [0.15, 0.2) is 28.8 Å². The van der Waals surface area contributed by atoms with Gasteiger partial charge >= 0.3 is 6.36 Å². The molecular formula is C12H10F3NO2. The third-order valence-electron chi connectivity index (χ3n) is 2.31. The second-order valence-electron chi connectivity index (χ2n) is 3.77. The first-order chi connectivity index (χ1) is 8.35. The Bertz CT molecular complexity index is 561. The number of rotatable bonds is 2. The van der Waals surface area contributed by atoms with Crippen molar-refractivity contribution in [1.29, 1.82) is 0 Å². The van der Waals surface area contributed by atoms with Crippen LogP contribution < -0.4 is 4.74 Å². The van der Waals surface area contributed by atoms with Crippen LogP contribution in [0.1, 0.15) is 11.5 Å². The van der Waals surface area contributed by atoms with E-state index < -0.39 is 6.36 Å². The van der Waals surface area contributed by atoms with Crippen molar-refractivity contribution < 1.29 is 22.3 Å². The Hall–Kier alpha value is -1.98. The molecule has 0 fully saturated rings. The molecule has 1 heterocycles. The molecule has 0 aliphatic heterocycles. The average Bonchev–Trinajstić information content (AvgIpc) is 2.66. The molecule has 0 aliphatic rings. The van der Waals surface area contributed by atoms with Gasteiger partial charge < -0.3 is 9.15 Å². The number of hydrogen-bond acceptors (Lipinski definition) is 3. The fourth-order valence-corrected chi connectivity index (χ4v) is 1.54. The van der Waals surface area contributed by atoms with Crippen LogP contribution in [0.3, 0.4) is 0 Å². The Labute approximate surface area is 101 Å². The number of hydrogen-bond donors (Lipinski definition) is 0. The van der Waals surface area contributed by atoms with E-state index >= 15 is 0 Å². The zero-order chi connectivity index (χ0) is 13.3. The Morgan fingerprint density at radius 1 is 1.22 bits per heavy atom. The lowest BCUT2D eigenvalue weighted by Gasteiger charge is -2.11. The summed E-state index contributed by atoms with van der Waals surface area (Å²) in [4.78, 5) is 3.93. The Kier molecular flexibility index (Phi) is 3.02. The lowest BCUT2D eigenvalue weighted by molar-refractivity contribution is -0.274. The van der Waals surface area contributed by atoms with E-state index in [-0.39, 0.29) is 5.75 Å². The predicted molar refractivity (Wildman–Crippen MR) is 58.1 cm³/mol. The molecule has 6 heteroatoms. The molecule has 0 bridgehead atoms. The van der Waals surface area contributed by atoms with Crippen LogP contribution in [0.2, 0.25) is 0 Å². The van der Waals surface area contributed by atoms with Gasteiger partial charge in [-0.25, -0.2) is 4.98 Å². The van der Waals surface area contributed by atoms with E-state index in [9.17, 15) is 13.2 Å². The number of alkyl halides is 3. The first-order valence-corrected chi connectivity index (χ1v) is 5.14. The van der Waals surface area contributed by atoms with Crippen molar-refractivity contribution in [3.8, 4) is 17.1 Å². The molecule has 0 spiro atoms. The van der Waals surface area contributed by atoms with E-state index in [1.165, 1.54) is 25.3 Å². The number of nitrogens with zero attached hydrogens (tertiary/aromatic N) is 1. The van der Waals surface area contributed by atoms with Gasteiger partial charge in [-0.15, -0.1) is 13.2 Å². The maximum Gasteiger partial charge on any atom is 0.573 e. The van der Waals surface area contributed by atoms with Gasteiger partial charge in [0.1, 0.15) is 5.75 Å². The van der Waals surface area contributed by atoms with Gasteiger partial charge in [0.2, 0.25) is 0 Å². The molecule has 0 saturated heterocycles. The third kappa shape index (κ3) is 2.82. The summed E-state index contributed by atoms with van der Waals surface area (Å²) in [5, 5.41) is 0. The zero-order valence-electron chi connectivity index (χ0n) is 9.71. The van der Waals surface area contributed by atoms with Gasteiger partial charge in [-0.3, -0.25) is 0 Å². The second-order valence-corrected chi connectivity index (χ2v) is 3.77. The normalized spacial score (nSPS) is 11.6. The van der Waals surface area contributed by atoms with Crippen molar-refractivity contribution in [2.75, 3.05) is 0 Å². The molecule has 0 atom stereocenters. The van der Waals surface area contributed by atoms with Crippen molar-refractivity contribution in [2.45, 2.75) is 20.2 Å². The fourth-order valence-electron chi connectivity index (χ4n) is 1.54. The van der Waals surface area contributed by atoms with Crippen LogP contribution in [0.25, 0.3) is 11.3 Å². The van der Waals surface area contributed by atoms with Crippen molar-refractivity contribution in [2.24, 2.45) is 0 Å². The van der Waals surface area contributed by atoms with Gasteiger partial charge in [-0.1, -0.05) is 0 Å². The molecule has 2 rings (SSSR count).